The minimum atomic E-state index is -0.386. The monoisotopic (exact) mass is 1520 g/mol. The number of rotatable bonds is 13. The van der Waals surface area contributed by atoms with Gasteiger partial charge >= 0.3 is 0 Å². The van der Waals surface area contributed by atoms with Crippen LogP contribution >= 0.6 is 46.4 Å². The highest BCUT2D eigenvalue weighted by molar-refractivity contribution is 6.32. The molecule has 106 heavy (non-hydrogen) atoms. The van der Waals surface area contributed by atoms with Gasteiger partial charge in [0, 0.05) is 141 Å². The van der Waals surface area contributed by atoms with Crippen molar-refractivity contribution in [2.24, 2.45) is 0 Å². The highest BCUT2D eigenvalue weighted by atomic mass is 35.5. The minimum absolute atomic E-state index is 0.0753. The summed E-state index contributed by atoms with van der Waals surface area (Å²) in [5, 5.41) is 38.5. The average Bonchev–Trinajstić information content (AvgIpc) is 0.947. The van der Waals surface area contributed by atoms with E-state index < -0.39 is 0 Å². The Bertz CT molecular complexity index is 5220. The molecule has 15 rings (SSSR count). The Morgan fingerprint density at radius 3 is 1.17 bits per heavy atom. The predicted molar refractivity (Wildman–Crippen MR) is 430 cm³/mol. The molecule has 4 aliphatic heterocycles. The van der Waals surface area contributed by atoms with Crippen molar-refractivity contribution in [3.05, 3.63) is 267 Å². The standard InChI is InChI=1S/C22H21ClN2O.3C16H19ClN2O2.C13H15FN2O/c1-15-21(19-8-7-18(23)13-20(19)22(26)24-15)14-25-11-9-17(10-12-25)16-5-3-2-4-6-16;1-10-15(9-19-6-4-12(20)5-7-19)13-3-2-11(17)8-14(13)16(21)18-10;2*1-10-15(8-19-6-2-3-12(19)9-20)13-5-4-11(17)7-14(13)16(21)18-10;1-8-12(7-16(2)3)10-5-4-9(14)6-11(10)13(17)15-8/h2-9,13H,10-12,14H2,1H3,(H,24,26);2-3,8,12,20H,4-7,9H2,1H3,(H,18,21);2*4-5,7,12,20H,2-3,6,8-9H2,1H3,(H,18,21);4-6H,7H2,1-3H3,(H,15,17)/t;;2*12-;/m..10./s1. The van der Waals surface area contributed by atoms with Crippen molar-refractivity contribution in [1.29, 1.82) is 0 Å². The lowest BCUT2D eigenvalue weighted by molar-refractivity contribution is 0.0793. The number of nitrogens with one attached hydrogen (secondary N) is 5. The molecule has 0 bridgehead atoms. The number of aliphatic hydroxyl groups excluding tert-OH is 3. The molecule has 4 aliphatic rings. The van der Waals surface area contributed by atoms with Crippen molar-refractivity contribution in [3.8, 4) is 0 Å². The average molecular weight is 1520 g/mol. The van der Waals surface area contributed by atoms with Crippen LogP contribution in [0.1, 0.15) is 107 Å². The lowest BCUT2D eigenvalue weighted by Crippen LogP contribution is -2.35. The van der Waals surface area contributed by atoms with E-state index in [9.17, 15) is 43.7 Å². The maximum atomic E-state index is 13.1. The van der Waals surface area contributed by atoms with E-state index in [1.54, 1.807) is 30.3 Å². The summed E-state index contributed by atoms with van der Waals surface area (Å²) in [6, 6.07) is 37.3. The van der Waals surface area contributed by atoms with E-state index in [4.69, 9.17) is 46.4 Å². The molecule has 23 heteroatoms. The summed E-state index contributed by atoms with van der Waals surface area (Å²) in [5.74, 6) is -0.386. The number of aryl methyl sites for hydroxylation is 5. The van der Waals surface area contributed by atoms with Crippen LogP contribution in [0.15, 0.2) is 151 Å². The number of hydrogen-bond acceptors (Lipinski definition) is 13. The summed E-state index contributed by atoms with van der Waals surface area (Å²) in [4.78, 5) is 86.1. The number of likely N-dealkylation sites (tertiary alicyclic amines) is 3. The third-order valence-corrected chi connectivity index (χ3v) is 21.8. The summed E-state index contributed by atoms with van der Waals surface area (Å²) in [6.45, 7) is 19.5. The maximum Gasteiger partial charge on any atom is 0.256 e. The molecule has 0 amide bonds. The third kappa shape index (κ3) is 19.0. The number of H-pyrrole nitrogens is 5. The van der Waals surface area contributed by atoms with Crippen LogP contribution in [0.3, 0.4) is 0 Å². The van der Waals surface area contributed by atoms with Gasteiger partial charge in [-0.3, -0.25) is 43.6 Å². The van der Waals surface area contributed by atoms with Gasteiger partial charge in [0.1, 0.15) is 5.82 Å². The summed E-state index contributed by atoms with van der Waals surface area (Å²) in [6.07, 6.45) is 9.08. The minimum Gasteiger partial charge on any atom is -0.395 e. The van der Waals surface area contributed by atoms with Crippen molar-refractivity contribution in [3.63, 3.8) is 0 Å². The molecule has 0 unspecified atom stereocenters. The van der Waals surface area contributed by atoms with Crippen molar-refractivity contribution >= 4 is 106 Å². The van der Waals surface area contributed by atoms with E-state index in [1.807, 2.05) is 102 Å². The largest absolute Gasteiger partial charge is 0.395 e. The molecule has 0 spiro atoms. The van der Waals surface area contributed by atoms with Gasteiger partial charge in [0.05, 0.1) is 24.7 Å². The second-order valence-electron chi connectivity index (χ2n) is 28.5. The van der Waals surface area contributed by atoms with Crippen molar-refractivity contribution < 1.29 is 19.7 Å². The van der Waals surface area contributed by atoms with Gasteiger partial charge in [-0.05, 0) is 233 Å². The predicted octanol–water partition coefficient (Wildman–Crippen LogP) is 14.2. The third-order valence-electron chi connectivity index (χ3n) is 20.9. The molecule has 6 aromatic carbocycles. The summed E-state index contributed by atoms with van der Waals surface area (Å²) in [5.41, 5.74) is 12.1. The Morgan fingerprint density at radius 1 is 0.434 bits per heavy atom. The van der Waals surface area contributed by atoms with Gasteiger partial charge < -0.3 is 45.1 Å². The molecule has 11 aromatic rings. The second-order valence-corrected chi connectivity index (χ2v) is 30.2. The van der Waals surface area contributed by atoms with Gasteiger partial charge in [-0.1, -0.05) is 113 Å². The Hall–Kier alpha value is -8.12. The van der Waals surface area contributed by atoms with Crippen LogP contribution in [-0.2, 0) is 32.7 Å². The zero-order valence-corrected chi connectivity index (χ0v) is 64.0. The summed E-state index contributed by atoms with van der Waals surface area (Å²) in [7, 11) is 3.92. The fourth-order valence-corrected chi connectivity index (χ4v) is 15.8. The first-order valence-electron chi connectivity index (χ1n) is 36.1. The zero-order valence-electron chi connectivity index (χ0n) is 61.0. The Kier molecular flexibility index (Phi) is 26.6. The van der Waals surface area contributed by atoms with Gasteiger partial charge in [-0.15, -0.1) is 0 Å². The van der Waals surface area contributed by atoms with Gasteiger partial charge in [0.2, 0.25) is 0 Å². The molecular formula is C83H93Cl4FN10O8. The number of pyridine rings is 5. The number of piperidine rings is 1. The SMILES string of the molecule is Cc1[nH]c(=O)c2cc(Cl)ccc2c1CN1CC=C(c2ccccc2)CC1.Cc1[nH]c(=O)c2cc(Cl)ccc2c1CN1CCC(O)CC1.Cc1[nH]c(=O)c2cc(Cl)ccc2c1CN1CCC[C@@H]1CO.Cc1[nH]c(=O)c2cc(Cl)ccc2c1CN1CCC[C@H]1CO.Cc1[nH]c(=O)c2cc(F)ccc2c1CN(C)C. The molecule has 0 radical (unpaired) electrons. The molecule has 2 atom stereocenters. The quantitative estimate of drug-likeness (QED) is 0.0536. The Balaban J connectivity index is 0.000000133. The van der Waals surface area contributed by atoms with Crippen LogP contribution in [0.4, 0.5) is 4.39 Å². The number of aromatic nitrogens is 5. The van der Waals surface area contributed by atoms with Crippen molar-refractivity contribution in [1.82, 2.24) is 49.4 Å². The van der Waals surface area contributed by atoms with Crippen LogP contribution < -0.4 is 27.8 Å². The van der Waals surface area contributed by atoms with Crippen molar-refractivity contribution in [2.45, 2.75) is 130 Å². The van der Waals surface area contributed by atoms with E-state index in [1.165, 1.54) is 28.8 Å². The fourth-order valence-electron chi connectivity index (χ4n) is 15.1. The molecule has 3 fully saturated rings. The molecular weight excluding hydrogens is 1430 g/mol. The van der Waals surface area contributed by atoms with Gasteiger partial charge in [-0.2, -0.15) is 0 Å². The number of aromatic amines is 5. The second kappa shape index (κ2) is 35.7. The summed E-state index contributed by atoms with van der Waals surface area (Å²) >= 11 is 24.1. The number of benzene rings is 6. The number of fused-ring (bicyclic) bond motifs is 5. The molecule has 3 saturated heterocycles. The molecule has 9 heterocycles. The van der Waals surface area contributed by atoms with Gasteiger partial charge in [-0.25, -0.2) is 4.39 Å². The van der Waals surface area contributed by atoms with Crippen LogP contribution in [0.25, 0.3) is 59.4 Å². The highest BCUT2D eigenvalue weighted by Crippen LogP contribution is 2.32. The number of nitrogens with zero attached hydrogens (tertiary/aromatic N) is 5. The van der Waals surface area contributed by atoms with Crippen LogP contribution in [-0.4, -0.2) is 150 Å². The van der Waals surface area contributed by atoms with Crippen LogP contribution in [0.2, 0.25) is 20.1 Å². The van der Waals surface area contributed by atoms with E-state index in [0.29, 0.717) is 53.6 Å². The van der Waals surface area contributed by atoms with Crippen molar-refractivity contribution in [2.75, 3.05) is 66.6 Å². The first-order chi connectivity index (χ1) is 50.8. The zero-order chi connectivity index (χ0) is 75.6. The lowest BCUT2D eigenvalue weighted by atomic mass is 9.98. The molecule has 5 aromatic heterocycles. The Morgan fingerprint density at radius 2 is 0.792 bits per heavy atom. The fraction of sp³-hybridized carbons (Fsp3) is 0.361. The normalized spacial score (nSPS) is 16.7. The number of aliphatic hydroxyl groups is 3. The molecule has 8 N–H and O–H groups in total. The van der Waals surface area contributed by atoms with E-state index in [2.05, 4.69) is 80.9 Å². The molecule has 18 nitrogen and oxygen atoms in total. The Labute approximate surface area is 635 Å². The van der Waals surface area contributed by atoms with Crippen LogP contribution in [0.5, 0.6) is 0 Å². The smallest absolute Gasteiger partial charge is 0.256 e. The van der Waals surface area contributed by atoms with E-state index in [-0.39, 0.29) is 65.0 Å². The lowest BCUT2D eigenvalue weighted by Gasteiger charge is -2.30. The summed E-state index contributed by atoms with van der Waals surface area (Å²) < 4.78 is 13.1. The first-order valence-corrected chi connectivity index (χ1v) is 37.6. The molecule has 558 valence electrons. The maximum absolute atomic E-state index is 13.1. The molecule has 0 aliphatic carbocycles. The van der Waals surface area contributed by atoms with Gasteiger partial charge in [0.25, 0.3) is 27.8 Å². The van der Waals surface area contributed by atoms with Gasteiger partial charge in [0.15, 0.2) is 0 Å². The number of hydrogen-bond donors (Lipinski definition) is 8. The van der Waals surface area contributed by atoms with Crippen LogP contribution in [0, 0.1) is 40.4 Å². The highest BCUT2D eigenvalue weighted by Gasteiger charge is 2.28. The number of halogens is 5. The van der Waals surface area contributed by atoms with E-state index >= 15 is 0 Å². The topological polar surface area (TPSA) is 241 Å². The molecule has 0 saturated carbocycles. The van der Waals surface area contributed by atoms with E-state index in [0.717, 1.165) is 188 Å². The first kappa shape index (κ1) is 78.9.